The van der Waals surface area contributed by atoms with Crippen molar-refractivity contribution < 1.29 is 18.5 Å². The first kappa shape index (κ1) is 28.7. The van der Waals surface area contributed by atoms with Gasteiger partial charge in [0, 0.05) is 34.0 Å². The van der Waals surface area contributed by atoms with Crippen molar-refractivity contribution in [2.75, 3.05) is 5.32 Å². The van der Waals surface area contributed by atoms with Crippen molar-refractivity contribution in [3.8, 4) is 6.07 Å². The van der Waals surface area contributed by atoms with E-state index in [1.165, 1.54) is 48.5 Å². The number of hydrogen-bond acceptors (Lipinski definition) is 7. The average molecular weight is 626 g/mol. The quantitative estimate of drug-likeness (QED) is 0.247. The summed E-state index contributed by atoms with van der Waals surface area (Å²) in [6, 6.07) is 14.6. The van der Waals surface area contributed by atoms with Gasteiger partial charge in [0.1, 0.15) is 22.1 Å². The van der Waals surface area contributed by atoms with Gasteiger partial charge in [-0.15, -0.1) is 11.3 Å². The predicted octanol–water partition coefficient (Wildman–Crippen LogP) is 4.47. The number of carbonyl (C=O) groups excluding carboxylic acids is 1. The lowest BCUT2D eigenvalue weighted by Gasteiger charge is -2.26. The van der Waals surface area contributed by atoms with Gasteiger partial charge in [0.25, 0.3) is 17.2 Å². The number of fused-ring (bicyclic) bond motifs is 1. The number of amides is 1. The third-order valence-corrected chi connectivity index (χ3v) is 8.16. The molecule has 0 aliphatic carbocycles. The molecule has 0 radical (unpaired) electrons. The van der Waals surface area contributed by atoms with E-state index in [2.05, 4.69) is 5.32 Å². The van der Waals surface area contributed by atoms with Gasteiger partial charge in [0.15, 0.2) is 0 Å². The van der Waals surface area contributed by atoms with Crippen LogP contribution in [0.25, 0.3) is 17.5 Å². The van der Waals surface area contributed by atoms with Crippen molar-refractivity contribution in [1.29, 1.82) is 5.26 Å². The maximum atomic E-state index is 15.3. The van der Waals surface area contributed by atoms with Crippen molar-refractivity contribution in [1.82, 2.24) is 4.57 Å². The molecule has 0 saturated carbocycles. The highest BCUT2D eigenvalue weighted by molar-refractivity contribution is 7.07. The molecule has 1 atom stereocenters. The molecular formula is C28H15Cl2F2N5O4S. The summed E-state index contributed by atoms with van der Waals surface area (Å²) in [7, 11) is 0. The molecule has 210 valence electrons. The van der Waals surface area contributed by atoms with Gasteiger partial charge < -0.3 is 11.1 Å². The number of aromatic nitrogens is 1. The number of nitrogens with one attached hydrogen (secondary N) is 1. The minimum Gasteiger partial charge on any atom is -0.384 e. The summed E-state index contributed by atoms with van der Waals surface area (Å²) < 4.78 is 30.6. The normalized spacial score (nSPS) is 14.9. The molecule has 42 heavy (non-hydrogen) atoms. The number of nitriles is 1. The summed E-state index contributed by atoms with van der Waals surface area (Å²) in [6.07, 6.45) is 1.18. The highest BCUT2D eigenvalue weighted by Crippen LogP contribution is 2.41. The topological polar surface area (TPSA) is 144 Å². The highest BCUT2D eigenvalue weighted by Gasteiger charge is 2.38. The second-order valence-corrected chi connectivity index (χ2v) is 10.7. The highest BCUT2D eigenvalue weighted by atomic mass is 35.5. The molecule has 1 unspecified atom stereocenters. The first-order valence-electron chi connectivity index (χ1n) is 11.8. The zero-order valence-electron chi connectivity index (χ0n) is 20.9. The Labute approximate surface area is 248 Å². The number of thiazole rings is 1. The van der Waals surface area contributed by atoms with Gasteiger partial charge in [-0.25, -0.2) is 8.78 Å². The number of halogens is 4. The molecule has 9 nitrogen and oxygen atoms in total. The Balaban J connectivity index is 1.86. The van der Waals surface area contributed by atoms with E-state index in [1.54, 1.807) is 0 Å². The lowest BCUT2D eigenvalue weighted by atomic mass is 9.83. The van der Waals surface area contributed by atoms with E-state index in [1.807, 2.05) is 6.07 Å². The first-order chi connectivity index (χ1) is 20.0. The molecule has 0 saturated heterocycles. The van der Waals surface area contributed by atoms with Crippen LogP contribution >= 0.6 is 34.5 Å². The van der Waals surface area contributed by atoms with Crippen LogP contribution in [0.15, 0.2) is 71.0 Å². The number of anilines is 1. The minimum atomic E-state index is -1.48. The van der Waals surface area contributed by atoms with Gasteiger partial charge in [-0.3, -0.25) is 24.3 Å². The third-order valence-electron chi connectivity index (χ3n) is 6.39. The lowest BCUT2D eigenvalue weighted by Crippen LogP contribution is -2.41. The number of hydrogen-bond donors (Lipinski definition) is 2. The number of nitrogens with two attached hydrogens (primary N) is 1. The summed E-state index contributed by atoms with van der Waals surface area (Å²) in [5, 5.41) is 23.8. The van der Waals surface area contributed by atoms with Gasteiger partial charge in [-0.2, -0.15) is 5.26 Å². The summed E-state index contributed by atoms with van der Waals surface area (Å²) in [6.45, 7) is 0. The van der Waals surface area contributed by atoms with Crippen LogP contribution in [-0.2, 0) is 4.79 Å². The number of benzene rings is 3. The van der Waals surface area contributed by atoms with Gasteiger partial charge in [-0.1, -0.05) is 41.4 Å². The Morgan fingerprint density at radius 3 is 2.43 bits per heavy atom. The molecule has 14 heteroatoms. The molecule has 0 bridgehead atoms. The van der Waals surface area contributed by atoms with Crippen molar-refractivity contribution >= 4 is 69.3 Å². The molecule has 0 spiro atoms. The summed E-state index contributed by atoms with van der Waals surface area (Å²) in [5.74, 6) is -4.37. The van der Waals surface area contributed by atoms with Crippen LogP contribution in [0.4, 0.5) is 20.2 Å². The smallest absolute Gasteiger partial charge is 0.274 e. The minimum absolute atomic E-state index is 0.00985. The number of non-ortho nitro benzene ring substituents is 1. The summed E-state index contributed by atoms with van der Waals surface area (Å²) in [4.78, 5) is 38.1. The summed E-state index contributed by atoms with van der Waals surface area (Å²) >= 11 is 13.2. The molecule has 3 aromatic carbocycles. The maximum Gasteiger partial charge on any atom is 0.274 e. The van der Waals surface area contributed by atoms with E-state index in [-0.39, 0.29) is 58.7 Å². The van der Waals surface area contributed by atoms with Crippen LogP contribution in [-0.4, -0.2) is 15.4 Å². The maximum absolute atomic E-state index is 15.3. The molecular weight excluding hydrogens is 611 g/mol. The second kappa shape index (κ2) is 11.2. The fourth-order valence-corrected chi connectivity index (χ4v) is 6.16. The SMILES string of the molecule is N#CC1=C(N)n2c(s/c(=C\c3c(F)cccc3Cl)c2=O)=C(C(=O)Nc2cccc([N+](=O)[O-])c2)C1c1c(F)cccc1Cl. The fourth-order valence-electron chi connectivity index (χ4n) is 4.52. The molecule has 2 heterocycles. The Hall–Kier alpha value is -4.83. The first-order valence-corrected chi connectivity index (χ1v) is 13.4. The van der Waals surface area contributed by atoms with Crippen molar-refractivity contribution in [3.63, 3.8) is 0 Å². The van der Waals surface area contributed by atoms with Gasteiger partial charge in [0.05, 0.1) is 37.6 Å². The van der Waals surface area contributed by atoms with Crippen molar-refractivity contribution in [3.05, 3.63) is 129 Å². The Morgan fingerprint density at radius 2 is 1.79 bits per heavy atom. The van der Waals surface area contributed by atoms with E-state index in [0.29, 0.717) is 0 Å². The Kier molecular flexibility index (Phi) is 7.66. The van der Waals surface area contributed by atoms with E-state index >= 15 is 4.39 Å². The molecule has 1 aromatic heterocycles. The van der Waals surface area contributed by atoms with E-state index in [9.17, 15) is 29.4 Å². The average Bonchev–Trinajstić information content (AvgIpc) is 3.26. The standard InChI is InChI=1S/C28H15Cl2F2N5O4S/c29-17-6-2-8-19(31)15(17)11-21-27(39)36-25(34)16(12-33)22(23-18(30)7-3-9-20(23)32)24(28(36)42-21)26(38)35-13-4-1-5-14(10-13)37(40)41/h1-11,22H,34H2,(H,35,38)/b21-11-. The molecule has 3 N–H and O–H groups in total. The molecule has 4 aromatic rings. The van der Waals surface area contributed by atoms with Gasteiger partial charge in [0.2, 0.25) is 0 Å². The van der Waals surface area contributed by atoms with Crippen LogP contribution in [0, 0.1) is 33.1 Å². The summed E-state index contributed by atoms with van der Waals surface area (Å²) in [5.41, 5.74) is 4.20. The molecule has 1 aliphatic rings. The third kappa shape index (κ3) is 4.94. The van der Waals surface area contributed by atoms with Crippen LogP contribution in [0.2, 0.25) is 10.0 Å². The van der Waals surface area contributed by atoms with E-state index < -0.39 is 33.9 Å². The van der Waals surface area contributed by atoms with E-state index in [0.717, 1.165) is 34.1 Å². The number of rotatable bonds is 5. The number of nitrogens with zero attached hydrogens (tertiary/aromatic N) is 3. The van der Waals surface area contributed by atoms with Crippen LogP contribution in [0.1, 0.15) is 17.0 Å². The van der Waals surface area contributed by atoms with E-state index in [4.69, 9.17) is 28.9 Å². The molecule has 1 aliphatic heterocycles. The molecule has 0 fully saturated rings. The van der Waals surface area contributed by atoms with Crippen LogP contribution in [0.5, 0.6) is 0 Å². The van der Waals surface area contributed by atoms with Crippen LogP contribution < -0.4 is 25.8 Å². The Bertz CT molecular complexity index is 2040. The predicted molar refractivity (Wildman–Crippen MR) is 155 cm³/mol. The number of nitro benzene ring substituents is 1. The number of nitro groups is 1. The Morgan fingerprint density at radius 1 is 1.12 bits per heavy atom. The molecule has 1 amide bonds. The fraction of sp³-hybridized carbons (Fsp3) is 0.0357. The zero-order valence-corrected chi connectivity index (χ0v) is 23.2. The monoisotopic (exact) mass is 625 g/mol. The van der Waals surface area contributed by atoms with Gasteiger partial charge in [-0.05, 0) is 36.4 Å². The zero-order chi connectivity index (χ0) is 30.3. The number of carbonyl (C=O) groups is 1. The largest absolute Gasteiger partial charge is 0.384 e. The van der Waals surface area contributed by atoms with Crippen molar-refractivity contribution in [2.45, 2.75) is 5.92 Å². The second-order valence-electron chi connectivity index (χ2n) is 8.85. The van der Waals surface area contributed by atoms with Crippen LogP contribution in [0.3, 0.4) is 0 Å². The van der Waals surface area contributed by atoms with Crippen molar-refractivity contribution in [2.24, 2.45) is 5.73 Å². The van der Waals surface area contributed by atoms with Gasteiger partial charge >= 0.3 is 0 Å². The lowest BCUT2D eigenvalue weighted by molar-refractivity contribution is -0.384. The number of allylic oxidation sites excluding steroid dienone is 1. The molecule has 5 rings (SSSR count).